The van der Waals surface area contributed by atoms with Crippen LogP contribution in [0.4, 0.5) is 23.3 Å². The van der Waals surface area contributed by atoms with Gasteiger partial charge < -0.3 is 29.7 Å². The highest BCUT2D eigenvalue weighted by atomic mass is 16.5. The first-order valence-electron chi connectivity index (χ1n) is 12.6. The van der Waals surface area contributed by atoms with Gasteiger partial charge in [0.15, 0.2) is 19.0 Å². The van der Waals surface area contributed by atoms with Gasteiger partial charge in [-0.15, -0.1) is 0 Å². The Hall–Kier alpha value is -6.18. The molecule has 220 valence electrons. The Balaban J connectivity index is 1.47. The zero-order valence-electron chi connectivity index (χ0n) is 22.8. The standard InChI is InChI=1S/C29H27N7O7/c1-41-24-5-3-2-4-23(24)32-25-14-26(35-30-15-19-6-10-21(11-7-19)42-17-27(37)38)34-29(33-25)36-31-16-20-8-12-22(13-9-20)43-18-28(39)40/h2-16H,17-18H2,1H3,(H,37,38)(H,39,40)(H3,32,33,34,35,36). The highest BCUT2D eigenvalue weighted by Gasteiger charge is 2.08. The summed E-state index contributed by atoms with van der Waals surface area (Å²) in [7, 11) is 1.57. The fourth-order valence-electron chi connectivity index (χ4n) is 3.43. The molecule has 14 heteroatoms. The number of benzene rings is 3. The van der Waals surface area contributed by atoms with Crippen LogP contribution < -0.4 is 30.4 Å². The first kappa shape index (κ1) is 29.8. The predicted octanol–water partition coefficient (Wildman–Crippen LogP) is 4.05. The van der Waals surface area contributed by atoms with Crippen molar-refractivity contribution >= 4 is 47.6 Å². The van der Waals surface area contributed by atoms with E-state index < -0.39 is 25.2 Å². The van der Waals surface area contributed by atoms with E-state index in [-0.39, 0.29) is 5.95 Å². The molecule has 14 nitrogen and oxygen atoms in total. The number of nitrogens with one attached hydrogen (secondary N) is 3. The van der Waals surface area contributed by atoms with Crippen LogP contribution in [-0.4, -0.2) is 64.9 Å². The lowest BCUT2D eigenvalue weighted by Gasteiger charge is -2.12. The fourth-order valence-corrected chi connectivity index (χ4v) is 3.43. The van der Waals surface area contributed by atoms with Crippen LogP contribution in [-0.2, 0) is 9.59 Å². The van der Waals surface area contributed by atoms with Crippen LogP contribution in [0, 0.1) is 0 Å². The van der Waals surface area contributed by atoms with Crippen LogP contribution >= 0.6 is 0 Å². The van der Waals surface area contributed by atoms with Crippen molar-refractivity contribution in [1.82, 2.24) is 9.97 Å². The number of aliphatic carboxylic acids is 2. The number of ether oxygens (including phenoxy) is 3. The molecule has 0 aliphatic heterocycles. The first-order valence-corrected chi connectivity index (χ1v) is 12.6. The van der Waals surface area contributed by atoms with Gasteiger partial charge in [-0.2, -0.15) is 20.2 Å². The van der Waals surface area contributed by atoms with Gasteiger partial charge in [-0.3, -0.25) is 5.43 Å². The van der Waals surface area contributed by atoms with Crippen molar-refractivity contribution in [2.24, 2.45) is 10.2 Å². The normalized spacial score (nSPS) is 10.8. The number of anilines is 4. The van der Waals surface area contributed by atoms with Crippen molar-refractivity contribution in [3.8, 4) is 17.2 Å². The largest absolute Gasteiger partial charge is 0.495 e. The van der Waals surface area contributed by atoms with E-state index >= 15 is 0 Å². The summed E-state index contributed by atoms with van der Waals surface area (Å²) in [6.45, 7) is -0.855. The number of nitrogens with zero attached hydrogens (tertiary/aromatic N) is 4. The van der Waals surface area contributed by atoms with E-state index in [1.165, 1.54) is 0 Å². The van der Waals surface area contributed by atoms with Gasteiger partial charge in [-0.25, -0.2) is 15.0 Å². The van der Waals surface area contributed by atoms with Gasteiger partial charge in [-0.1, -0.05) is 12.1 Å². The maximum atomic E-state index is 10.7. The molecule has 0 fully saturated rings. The lowest BCUT2D eigenvalue weighted by atomic mass is 10.2. The lowest BCUT2D eigenvalue weighted by Crippen LogP contribution is -2.09. The van der Waals surface area contributed by atoms with E-state index in [0.29, 0.717) is 34.6 Å². The molecule has 0 saturated heterocycles. The van der Waals surface area contributed by atoms with Crippen LogP contribution in [0.5, 0.6) is 17.2 Å². The number of carboxylic acids is 2. The van der Waals surface area contributed by atoms with Crippen molar-refractivity contribution < 1.29 is 34.0 Å². The summed E-state index contributed by atoms with van der Waals surface area (Å²) in [6.07, 6.45) is 3.10. The molecular formula is C29H27N7O7. The summed E-state index contributed by atoms with van der Waals surface area (Å²) in [5, 5.41) is 29.1. The van der Waals surface area contributed by atoms with Crippen molar-refractivity contribution in [3.05, 3.63) is 90.0 Å². The minimum Gasteiger partial charge on any atom is -0.495 e. The number of hydrogen-bond acceptors (Lipinski definition) is 12. The molecule has 1 heterocycles. The number of carbonyl (C=O) groups is 2. The van der Waals surface area contributed by atoms with Crippen molar-refractivity contribution in [3.63, 3.8) is 0 Å². The number of aromatic nitrogens is 2. The quantitative estimate of drug-likeness (QED) is 0.0996. The van der Waals surface area contributed by atoms with E-state index in [1.807, 2.05) is 24.3 Å². The molecule has 4 rings (SSSR count). The molecule has 43 heavy (non-hydrogen) atoms. The summed E-state index contributed by atoms with van der Waals surface area (Å²) in [5.74, 6) is 0.284. The number of hydrazone groups is 2. The van der Waals surface area contributed by atoms with Gasteiger partial charge in [0.1, 0.15) is 23.1 Å². The minimum absolute atomic E-state index is 0.162. The van der Waals surface area contributed by atoms with Gasteiger partial charge in [0, 0.05) is 6.07 Å². The molecule has 0 radical (unpaired) electrons. The molecule has 0 bridgehead atoms. The summed E-state index contributed by atoms with van der Waals surface area (Å²) in [5.41, 5.74) is 7.81. The highest BCUT2D eigenvalue weighted by molar-refractivity contribution is 5.81. The topological polar surface area (TPSA) is 189 Å². The van der Waals surface area contributed by atoms with Gasteiger partial charge in [0.05, 0.1) is 25.2 Å². The summed E-state index contributed by atoms with van der Waals surface area (Å²) in [4.78, 5) is 30.2. The van der Waals surface area contributed by atoms with Crippen molar-refractivity contribution in [2.75, 3.05) is 36.5 Å². The minimum atomic E-state index is -1.06. The molecule has 0 atom stereocenters. The number of carboxylic acid groups (broad SMARTS) is 2. The zero-order valence-corrected chi connectivity index (χ0v) is 22.8. The van der Waals surface area contributed by atoms with E-state index in [2.05, 4.69) is 36.3 Å². The van der Waals surface area contributed by atoms with E-state index in [0.717, 1.165) is 11.1 Å². The molecule has 0 amide bonds. The van der Waals surface area contributed by atoms with Crippen molar-refractivity contribution in [1.29, 1.82) is 0 Å². The fraction of sp³-hybridized carbons (Fsp3) is 0.103. The molecule has 0 aliphatic rings. The third-order valence-corrected chi connectivity index (χ3v) is 5.35. The molecule has 0 saturated carbocycles. The smallest absolute Gasteiger partial charge is 0.341 e. The first-order chi connectivity index (χ1) is 20.9. The van der Waals surface area contributed by atoms with Gasteiger partial charge >= 0.3 is 11.9 Å². The van der Waals surface area contributed by atoms with Crippen LogP contribution in [0.2, 0.25) is 0 Å². The second-order valence-corrected chi connectivity index (χ2v) is 8.53. The Labute approximate surface area is 245 Å². The Morgan fingerprint density at radius 1 is 0.767 bits per heavy atom. The van der Waals surface area contributed by atoms with E-state index in [4.69, 9.17) is 24.4 Å². The number of rotatable bonds is 15. The third kappa shape index (κ3) is 9.75. The maximum Gasteiger partial charge on any atom is 0.341 e. The van der Waals surface area contributed by atoms with Crippen LogP contribution in [0.1, 0.15) is 11.1 Å². The molecule has 0 aliphatic carbocycles. The predicted molar refractivity (Wildman–Crippen MR) is 160 cm³/mol. The van der Waals surface area contributed by atoms with Crippen LogP contribution in [0.15, 0.2) is 89.1 Å². The number of para-hydroxylation sites is 2. The number of hydrogen-bond donors (Lipinski definition) is 5. The Morgan fingerprint density at radius 2 is 1.30 bits per heavy atom. The SMILES string of the molecule is COc1ccccc1Nc1cc(NN=Cc2ccc(OCC(=O)O)cc2)nc(NN=Cc2ccc(OCC(=O)O)cc2)n1. The second-order valence-electron chi connectivity index (χ2n) is 8.53. The molecule has 0 spiro atoms. The highest BCUT2D eigenvalue weighted by Crippen LogP contribution is 2.27. The average molecular weight is 586 g/mol. The summed E-state index contributed by atoms with van der Waals surface area (Å²) in [6, 6.07) is 22.4. The van der Waals surface area contributed by atoms with Crippen LogP contribution in [0.3, 0.4) is 0 Å². The average Bonchev–Trinajstić information content (AvgIpc) is 3.00. The lowest BCUT2D eigenvalue weighted by molar-refractivity contribution is -0.140. The maximum absolute atomic E-state index is 10.7. The van der Waals surface area contributed by atoms with Gasteiger partial charge in [0.25, 0.3) is 0 Å². The molecule has 0 unspecified atom stereocenters. The Morgan fingerprint density at radius 3 is 1.86 bits per heavy atom. The van der Waals surface area contributed by atoms with Crippen LogP contribution in [0.25, 0.3) is 0 Å². The summed E-state index contributed by atoms with van der Waals surface area (Å²) < 4.78 is 15.7. The summed E-state index contributed by atoms with van der Waals surface area (Å²) >= 11 is 0. The Kier molecular flexibility index (Phi) is 10.4. The molecule has 4 aromatic rings. The molecule has 1 aromatic heterocycles. The number of methoxy groups -OCH3 is 1. The van der Waals surface area contributed by atoms with Crippen molar-refractivity contribution in [2.45, 2.75) is 0 Å². The second kappa shape index (κ2) is 15.0. The molecule has 3 aromatic carbocycles. The monoisotopic (exact) mass is 585 g/mol. The molecule has 5 N–H and O–H groups in total. The van der Waals surface area contributed by atoms with E-state index in [1.54, 1.807) is 74.1 Å². The zero-order chi connectivity index (χ0) is 30.4. The van der Waals surface area contributed by atoms with Gasteiger partial charge in [-0.05, 0) is 71.8 Å². The Bertz CT molecular complexity index is 1500. The van der Waals surface area contributed by atoms with E-state index in [9.17, 15) is 9.59 Å². The molecular weight excluding hydrogens is 558 g/mol. The third-order valence-electron chi connectivity index (χ3n) is 5.35. The van der Waals surface area contributed by atoms with Gasteiger partial charge in [0.2, 0.25) is 5.95 Å².